The molecular weight excluding hydrogens is 356 g/mol. The SMILES string of the molecule is Cc1c(Br)cc(CO)cc1S(=O)(=O)NC1CCCN(C)C1. The number of aliphatic hydroxyl groups is 1. The average Bonchev–Trinajstić information content (AvgIpc) is 2.41. The maximum Gasteiger partial charge on any atom is 0.241 e. The number of rotatable bonds is 4. The first-order valence-electron chi connectivity index (χ1n) is 6.94. The van der Waals surface area contributed by atoms with E-state index in [0.717, 1.165) is 25.9 Å². The molecule has 0 bridgehead atoms. The highest BCUT2D eigenvalue weighted by Gasteiger charge is 2.25. The monoisotopic (exact) mass is 376 g/mol. The first-order valence-corrected chi connectivity index (χ1v) is 9.22. The number of aliphatic hydroxyl groups excluding tert-OH is 1. The van der Waals surface area contributed by atoms with Crippen molar-refractivity contribution >= 4 is 26.0 Å². The van der Waals surface area contributed by atoms with Gasteiger partial charge in [-0.15, -0.1) is 0 Å². The first-order chi connectivity index (χ1) is 9.83. The van der Waals surface area contributed by atoms with Crippen molar-refractivity contribution in [3.05, 3.63) is 27.7 Å². The second-order valence-electron chi connectivity index (χ2n) is 5.58. The lowest BCUT2D eigenvalue weighted by Crippen LogP contribution is -2.46. The molecule has 1 unspecified atom stereocenters. The molecule has 0 saturated carbocycles. The van der Waals surface area contributed by atoms with Crippen molar-refractivity contribution in [2.45, 2.75) is 37.3 Å². The lowest BCUT2D eigenvalue weighted by atomic mass is 10.1. The van der Waals surface area contributed by atoms with Crippen molar-refractivity contribution < 1.29 is 13.5 Å². The minimum atomic E-state index is -3.59. The van der Waals surface area contributed by atoms with Gasteiger partial charge in [0.25, 0.3) is 0 Å². The number of hydrogen-bond donors (Lipinski definition) is 2. The van der Waals surface area contributed by atoms with Gasteiger partial charge in [-0.1, -0.05) is 15.9 Å². The normalized spacial score (nSPS) is 20.7. The fraction of sp³-hybridized carbons (Fsp3) is 0.571. The predicted octanol–water partition coefficient (Wildman–Crippen LogP) is 1.62. The van der Waals surface area contributed by atoms with Crippen molar-refractivity contribution in [1.29, 1.82) is 0 Å². The summed E-state index contributed by atoms with van der Waals surface area (Å²) in [6.45, 7) is 3.29. The van der Waals surface area contributed by atoms with Crippen LogP contribution in [0.25, 0.3) is 0 Å². The van der Waals surface area contributed by atoms with Gasteiger partial charge in [-0.3, -0.25) is 0 Å². The summed E-state index contributed by atoms with van der Waals surface area (Å²) < 4.78 is 28.7. The molecule has 1 fully saturated rings. The molecule has 7 heteroatoms. The molecule has 1 aromatic rings. The zero-order valence-electron chi connectivity index (χ0n) is 12.3. The summed E-state index contributed by atoms with van der Waals surface area (Å²) >= 11 is 3.35. The number of likely N-dealkylation sites (N-methyl/N-ethyl adjacent to an activating group) is 1. The topological polar surface area (TPSA) is 69.6 Å². The first kappa shape index (κ1) is 16.9. The smallest absolute Gasteiger partial charge is 0.241 e. The van der Waals surface area contributed by atoms with E-state index in [1.807, 2.05) is 7.05 Å². The van der Waals surface area contributed by atoms with Crippen LogP contribution in [0.2, 0.25) is 0 Å². The number of hydrogen-bond acceptors (Lipinski definition) is 4. The number of halogens is 1. The maximum atomic E-state index is 12.6. The summed E-state index contributed by atoms with van der Waals surface area (Å²) in [5.74, 6) is 0. The highest BCUT2D eigenvalue weighted by molar-refractivity contribution is 9.10. The second-order valence-corrected chi connectivity index (χ2v) is 8.12. The van der Waals surface area contributed by atoms with Crippen molar-refractivity contribution in [2.75, 3.05) is 20.1 Å². The molecular formula is C14H21BrN2O3S. The number of sulfonamides is 1. The van der Waals surface area contributed by atoms with Gasteiger partial charge < -0.3 is 10.0 Å². The zero-order chi connectivity index (χ0) is 15.6. The van der Waals surface area contributed by atoms with Crippen LogP contribution in [0.15, 0.2) is 21.5 Å². The summed E-state index contributed by atoms with van der Waals surface area (Å²) in [5.41, 5.74) is 1.23. The van der Waals surface area contributed by atoms with Gasteiger partial charge in [0, 0.05) is 17.1 Å². The van der Waals surface area contributed by atoms with E-state index in [9.17, 15) is 13.5 Å². The minimum absolute atomic E-state index is 0.0651. The third-order valence-electron chi connectivity index (χ3n) is 3.77. The molecule has 0 aromatic heterocycles. The van der Waals surface area contributed by atoms with Gasteiger partial charge in [-0.25, -0.2) is 13.1 Å². The number of benzene rings is 1. The molecule has 2 rings (SSSR count). The van der Waals surface area contributed by atoms with E-state index in [-0.39, 0.29) is 17.5 Å². The minimum Gasteiger partial charge on any atom is -0.392 e. The maximum absolute atomic E-state index is 12.6. The van der Waals surface area contributed by atoms with Gasteiger partial charge in [-0.05, 0) is 56.6 Å². The Morgan fingerprint density at radius 3 is 2.81 bits per heavy atom. The van der Waals surface area contributed by atoms with Gasteiger partial charge in [0.2, 0.25) is 10.0 Å². The number of nitrogens with zero attached hydrogens (tertiary/aromatic N) is 1. The summed E-state index contributed by atoms with van der Waals surface area (Å²) in [4.78, 5) is 2.36. The Morgan fingerprint density at radius 1 is 1.48 bits per heavy atom. The van der Waals surface area contributed by atoms with Crippen molar-refractivity contribution in [3.63, 3.8) is 0 Å². The molecule has 0 aliphatic carbocycles. The van der Waals surface area contributed by atoms with Crippen molar-refractivity contribution in [1.82, 2.24) is 9.62 Å². The fourth-order valence-corrected chi connectivity index (χ4v) is 4.84. The van der Waals surface area contributed by atoms with Gasteiger partial charge in [0.15, 0.2) is 0 Å². The van der Waals surface area contributed by atoms with Crippen LogP contribution in [0, 0.1) is 6.92 Å². The van der Waals surface area contributed by atoms with E-state index in [0.29, 0.717) is 15.6 Å². The zero-order valence-corrected chi connectivity index (χ0v) is 14.7. The van der Waals surface area contributed by atoms with Crippen LogP contribution in [0.5, 0.6) is 0 Å². The predicted molar refractivity (Wildman–Crippen MR) is 85.6 cm³/mol. The van der Waals surface area contributed by atoms with Gasteiger partial charge >= 0.3 is 0 Å². The summed E-state index contributed by atoms with van der Waals surface area (Å²) in [6, 6.07) is 3.21. The van der Waals surface area contributed by atoms with E-state index in [2.05, 4.69) is 25.6 Å². The van der Waals surface area contributed by atoms with E-state index < -0.39 is 10.0 Å². The Hall–Kier alpha value is -0.470. The Balaban J connectivity index is 2.29. The number of nitrogens with one attached hydrogen (secondary N) is 1. The molecule has 1 heterocycles. The molecule has 118 valence electrons. The Bertz CT molecular complexity index is 619. The average molecular weight is 377 g/mol. The summed E-state index contributed by atoms with van der Waals surface area (Å²) in [6.07, 6.45) is 1.84. The molecule has 1 saturated heterocycles. The molecule has 21 heavy (non-hydrogen) atoms. The van der Waals surface area contributed by atoms with Crippen molar-refractivity contribution in [2.24, 2.45) is 0 Å². The highest BCUT2D eigenvalue weighted by atomic mass is 79.9. The van der Waals surface area contributed by atoms with Crippen LogP contribution in [-0.4, -0.2) is 44.6 Å². The summed E-state index contributed by atoms with van der Waals surface area (Å²) in [7, 11) is -1.59. The number of likely N-dealkylation sites (tertiary alicyclic amines) is 1. The highest BCUT2D eigenvalue weighted by Crippen LogP contribution is 2.26. The lowest BCUT2D eigenvalue weighted by Gasteiger charge is -2.30. The molecule has 5 nitrogen and oxygen atoms in total. The molecule has 2 N–H and O–H groups in total. The van der Waals surface area contributed by atoms with Crippen LogP contribution < -0.4 is 4.72 Å². The van der Waals surface area contributed by atoms with E-state index in [4.69, 9.17) is 0 Å². The quantitative estimate of drug-likeness (QED) is 0.837. The van der Waals surface area contributed by atoms with Crippen LogP contribution in [0.3, 0.4) is 0 Å². The molecule has 0 spiro atoms. The standard InChI is InChI=1S/C14H21BrN2O3S/c1-10-13(15)6-11(9-18)7-14(10)21(19,20)16-12-4-3-5-17(2)8-12/h6-7,12,16,18H,3-5,8-9H2,1-2H3. The number of piperidine rings is 1. The van der Waals surface area contributed by atoms with E-state index in [1.165, 1.54) is 6.07 Å². The van der Waals surface area contributed by atoms with Crippen LogP contribution in [0.4, 0.5) is 0 Å². The second kappa shape index (κ2) is 6.75. The Labute approximate surface area is 134 Å². The third kappa shape index (κ3) is 4.04. The molecule has 1 atom stereocenters. The third-order valence-corrected chi connectivity index (χ3v) is 6.25. The lowest BCUT2D eigenvalue weighted by molar-refractivity contribution is 0.242. The molecule has 0 amide bonds. The summed E-state index contributed by atoms with van der Waals surface area (Å²) in [5, 5.41) is 9.26. The van der Waals surface area contributed by atoms with Gasteiger partial charge in [0.05, 0.1) is 11.5 Å². The molecule has 1 aromatic carbocycles. The van der Waals surface area contributed by atoms with Gasteiger partial charge in [0.1, 0.15) is 0 Å². The van der Waals surface area contributed by atoms with Crippen LogP contribution >= 0.6 is 15.9 Å². The largest absolute Gasteiger partial charge is 0.392 e. The van der Waals surface area contributed by atoms with Crippen LogP contribution in [0.1, 0.15) is 24.0 Å². The van der Waals surface area contributed by atoms with Gasteiger partial charge in [-0.2, -0.15) is 0 Å². The van der Waals surface area contributed by atoms with Crippen molar-refractivity contribution in [3.8, 4) is 0 Å². The Kier molecular flexibility index (Phi) is 5.43. The molecule has 0 radical (unpaired) electrons. The van der Waals surface area contributed by atoms with E-state index >= 15 is 0 Å². The molecule has 1 aliphatic rings. The van der Waals surface area contributed by atoms with E-state index in [1.54, 1.807) is 13.0 Å². The fourth-order valence-electron chi connectivity index (χ4n) is 2.62. The Morgan fingerprint density at radius 2 is 2.19 bits per heavy atom. The molecule has 1 aliphatic heterocycles. The van der Waals surface area contributed by atoms with Crippen LogP contribution in [-0.2, 0) is 16.6 Å².